The van der Waals surface area contributed by atoms with Gasteiger partial charge in [-0.05, 0) is 47.0 Å². The maximum atomic E-state index is 12.7. The van der Waals surface area contributed by atoms with Gasteiger partial charge in [0.15, 0.2) is 0 Å². The highest BCUT2D eigenvalue weighted by Gasteiger charge is 2.31. The Hall–Kier alpha value is -1.39. The van der Waals surface area contributed by atoms with Gasteiger partial charge in [-0.25, -0.2) is 0 Å². The lowest BCUT2D eigenvalue weighted by Crippen LogP contribution is -2.59. The van der Waals surface area contributed by atoms with E-state index < -0.39 is 0 Å². The molecule has 1 heterocycles. The molecule has 2 atom stereocenters. The number of piperazine rings is 1. The Morgan fingerprint density at radius 2 is 1.86 bits per heavy atom. The summed E-state index contributed by atoms with van der Waals surface area (Å²) >= 11 is 0. The molecule has 1 amide bonds. The average molecular weight is 303 g/mol. The van der Waals surface area contributed by atoms with Gasteiger partial charge in [0.1, 0.15) is 0 Å². The Morgan fingerprint density at radius 1 is 1.23 bits per heavy atom. The van der Waals surface area contributed by atoms with Crippen LogP contribution in [-0.4, -0.2) is 73.0 Å². The predicted molar refractivity (Wildman–Crippen MR) is 91.3 cm³/mol. The van der Waals surface area contributed by atoms with E-state index >= 15 is 0 Å². The Kier molecular flexibility index (Phi) is 5.59. The van der Waals surface area contributed by atoms with Crippen LogP contribution in [0.3, 0.4) is 0 Å². The molecule has 0 aromatic heterocycles. The van der Waals surface area contributed by atoms with E-state index in [-0.39, 0.29) is 5.91 Å². The van der Waals surface area contributed by atoms with E-state index in [1.54, 1.807) is 0 Å². The summed E-state index contributed by atoms with van der Waals surface area (Å²) in [5.41, 5.74) is 1.94. The van der Waals surface area contributed by atoms with Gasteiger partial charge in [-0.3, -0.25) is 9.69 Å². The number of likely N-dealkylation sites (N-methyl/N-ethyl adjacent to an activating group) is 1. The lowest BCUT2D eigenvalue weighted by molar-refractivity contribution is 0.0283. The summed E-state index contributed by atoms with van der Waals surface area (Å²) < 4.78 is 0. The van der Waals surface area contributed by atoms with Crippen LogP contribution in [-0.2, 0) is 0 Å². The first-order chi connectivity index (χ1) is 10.4. The fourth-order valence-corrected chi connectivity index (χ4v) is 3.24. The molecule has 22 heavy (non-hydrogen) atoms. The van der Waals surface area contributed by atoms with E-state index in [4.69, 9.17) is 0 Å². The van der Waals surface area contributed by atoms with Crippen molar-refractivity contribution in [1.29, 1.82) is 0 Å². The summed E-state index contributed by atoms with van der Waals surface area (Å²) in [5.74, 6) is 0.162. The number of nitrogens with zero attached hydrogens (tertiary/aromatic N) is 3. The van der Waals surface area contributed by atoms with Crippen LogP contribution in [0.2, 0.25) is 0 Å². The van der Waals surface area contributed by atoms with Gasteiger partial charge in [0.05, 0.1) is 0 Å². The van der Waals surface area contributed by atoms with Gasteiger partial charge >= 0.3 is 0 Å². The first kappa shape index (κ1) is 17.0. The average Bonchev–Trinajstić information content (AvgIpc) is 2.45. The van der Waals surface area contributed by atoms with E-state index in [0.717, 1.165) is 37.3 Å². The van der Waals surface area contributed by atoms with Crippen molar-refractivity contribution in [3.8, 4) is 0 Å². The molecular weight excluding hydrogens is 274 g/mol. The summed E-state index contributed by atoms with van der Waals surface area (Å²) in [6, 6.07) is 8.69. The van der Waals surface area contributed by atoms with E-state index in [1.807, 2.05) is 36.1 Å². The third kappa shape index (κ3) is 4.08. The van der Waals surface area contributed by atoms with Crippen LogP contribution in [0.4, 0.5) is 0 Å². The Balaban J connectivity index is 2.02. The highest BCUT2D eigenvalue weighted by molar-refractivity contribution is 5.94. The van der Waals surface area contributed by atoms with Gasteiger partial charge < -0.3 is 9.80 Å². The molecule has 0 bridgehead atoms. The van der Waals surface area contributed by atoms with Crippen LogP contribution in [0.25, 0.3) is 0 Å². The zero-order chi connectivity index (χ0) is 16.3. The van der Waals surface area contributed by atoms with Gasteiger partial charge in [-0.2, -0.15) is 0 Å². The molecular formula is C18H29N3O. The summed E-state index contributed by atoms with van der Waals surface area (Å²) in [4.78, 5) is 19.5. The number of carbonyl (C=O) groups is 1. The smallest absolute Gasteiger partial charge is 0.253 e. The molecule has 1 aliphatic rings. The molecule has 2 rings (SSSR count). The highest BCUT2D eigenvalue weighted by Crippen LogP contribution is 2.18. The van der Waals surface area contributed by atoms with Crippen molar-refractivity contribution in [2.45, 2.75) is 32.9 Å². The van der Waals surface area contributed by atoms with Crippen molar-refractivity contribution in [2.75, 3.05) is 40.3 Å². The fraction of sp³-hybridized carbons (Fsp3) is 0.611. The second-order valence-electron chi connectivity index (χ2n) is 6.82. The Bertz CT molecular complexity index is 503. The van der Waals surface area contributed by atoms with Crippen LogP contribution in [0.15, 0.2) is 24.3 Å². The largest absolute Gasteiger partial charge is 0.336 e. The molecule has 1 fully saturated rings. The molecule has 0 saturated carbocycles. The molecule has 0 aliphatic carbocycles. The standard InChI is InChI=1S/C18H29N3O/c1-14-7-6-8-17(11-14)18(22)20-12-15(2)21(16(3)13-20)10-9-19(4)5/h6-8,11,15-16H,9-10,12-13H2,1-5H3. The molecule has 4 heteroatoms. The van der Waals surface area contributed by atoms with Crippen LogP contribution >= 0.6 is 0 Å². The van der Waals surface area contributed by atoms with Crippen LogP contribution in [0, 0.1) is 6.92 Å². The number of aryl methyl sites for hydroxylation is 1. The van der Waals surface area contributed by atoms with Crippen molar-refractivity contribution in [3.05, 3.63) is 35.4 Å². The molecule has 0 radical (unpaired) electrons. The maximum absolute atomic E-state index is 12.7. The number of hydrogen-bond donors (Lipinski definition) is 0. The second kappa shape index (κ2) is 7.25. The highest BCUT2D eigenvalue weighted by atomic mass is 16.2. The monoisotopic (exact) mass is 303 g/mol. The molecule has 122 valence electrons. The number of carbonyl (C=O) groups excluding carboxylic acids is 1. The summed E-state index contributed by atoms with van der Waals surface area (Å²) in [6.45, 7) is 10.2. The summed E-state index contributed by atoms with van der Waals surface area (Å²) in [7, 11) is 4.21. The Morgan fingerprint density at radius 3 is 2.41 bits per heavy atom. The van der Waals surface area contributed by atoms with Crippen molar-refractivity contribution >= 4 is 5.91 Å². The van der Waals surface area contributed by atoms with Gasteiger partial charge in [0, 0.05) is 43.8 Å². The maximum Gasteiger partial charge on any atom is 0.253 e. The quantitative estimate of drug-likeness (QED) is 0.852. The van der Waals surface area contributed by atoms with Gasteiger partial charge in [0.2, 0.25) is 0 Å². The minimum atomic E-state index is 0.162. The molecule has 0 spiro atoms. The molecule has 1 aliphatic heterocycles. The van der Waals surface area contributed by atoms with Crippen molar-refractivity contribution < 1.29 is 4.79 Å². The van der Waals surface area contributed by atoms with Crippen LogP contribution < -0.4 is 0 Å². The number of rotatable bonds is 4. The second-order valence-corrected chi connectivity index (χ2v) is 6.82. The first-order valence-electron chi connectivity index (χ1n) is 8.15. The third-order valence-electron chi connectivity index (χ3n) is 4.46. The number of hydrogen-bond acceptors (Lipinski definition) is 3. The van der Waals surface area contributed by atoms with Crippen LogP contribution in [0.1, 0.15) is 29.8 Å². The molecule has 1 aromatic carbocycles. The summed E-state index contributed by atoms with van der Waals surface area (Å²) in [6.07, 6.45) is 0. The zero-order valence-electron chi connectivity index (χ0n) is 14.5. The molecule has 1 saturated heterocycles. The molecule has 1 aromatic rings. The van der Waals surface area contributed by atoms with E-state index in [9.17, 15) is 4.79 Å². The Labute approximate surface area is 134 Å². The SMILES string of the molecule is Cc1cccc(C(=O)N2CC(C)N(CCN(C)C)C(C)C2)c1. The topological polar surface area (TPSA) is 26.8 Å². The van der Waals surface area contributed by atoms with Crippen LogP contribution in [0.5, 0.6) is 0 Å². The van der Waals surface area contributed by atoms with Crippen molar-refractivity contribution in [3.63, 3.8) is 0 Å². The molecule has 0 N–H and O–H groups in total. The van der Waals surface area contributed by atoms with Crippen molar-refractivity contribution in [2.24, 2.45) is 0 Å². The molecule has 4 nitrogen and oxygen atoms in total. The van der Waals surface area contributed by atoms with E-state index in [1.165, 1.54) is 0 Å². The third-order valence-corrected chi connectivity index (χ3v) is 4.46. The fourth-order valence-electron chi connectivity index (χ4n) is 3.24. The van der Waals surface area contributed by atoms with Gasteiger partial charge in [0.25, 0.3) is 5.91 Å². The van der Waals surface area contributed by atoms with Gasteiger partial charge in [-0.1, -0.05) is 17.7 Å². The minimum absolute atomic E-state index is 0.162. The normalized spacial score (nSPS) is 23.1. The predicted octanol–water partition coefficient (Wildman–Crippen LogP) is 2.09. The molecule has 2 unspecified atom stereocenters. The van der Waals surface area contributed by atoms with E-state index in [2.05, 4.69) is 37.7 Å². The minimum Gasteiger partial charge on any atom is -0.336 e. The van der Waals surface area contributed by atoms with Crippen molar-refractivity contribution in [1.82, 2.24) is 14.7 Å². The first-order valence-corrected chi connectivity index (χ1v) is 8.15. The zero-order valence-corrected chi connectivity index (χ0v) is 14.5. The number of benzene rings is 1. The number of amides is 1. The lowest BCUT2D eigenvalue weighted by atomic mass is 10.1. The summed E-state index contributed by atoms with van der Waals surface area (Å²) in [5, 5.41) is 0. The van der Waals surface area contributed by atoms with Gasteiger partial charge in [-0.15, -0.1) is 0 Å². The van der Waals surface area contributed by atoms with E-state index in [0.29, 0.717) is 12.1 Å². The lowest BCUT2D eigenvalue weighted by Gasteiger charge is -2.44.